The summed E-state index contributed by atoms with van der Waals surface area (Å²) in [4.78, 5) is 23.2. The summed E-state index contributed by atoms with van der Waals surface area (Å²) >= 11 is 0. The Labute approximate surface area is 116 Å². The van der Waals surface area contributed by atoms with Gasteiger partial charge >= 0.3 is 5.97 Å². The molecule has 0 saturated heterocycles. The van der Waals surface area contributed by atoms with Crippen LogP contribution in [0.2, 0.25) is 0 Å². The van der Waals surface area contributed by atoms with Crippen LogP contribution in [0.15, 0.2) is 18.2 Å². The van der Waals surface area contributed by atoms with E-state index in [1.165, 1.54) is 21.1 Å². The first-order chi connectivity index (χ1) is 9.42. The van der Waals surface area contributed by atoms with Gasteiger partial charge in [0.25, 0.3) is 5.91 Å². The fourth-order valence-corrected chi connectivity index (χ4v) is 1.68. The number of hydrogen-bond donors (Lipinski definition) is 3. The van der Waals surface area contributed by atoms with Gasteiger partial charge in [-0.05, 0) is 19.1 Å². The van der Waals surface area contributed by atoms with Crippen molar-refractivity contribution in [2.24, 2.45) is 0 Å². The van der Waals surface area contributed by atoms with E-state index in [9.17, 15) is 14.7 Å². The molecule has 1 aromatic rings. The summed E-state index contributed by atoms with van der Waals surface area (Å²) in [5.41, 5.74) is 0.0735. The Morgan fingerprint density at radius 2 is 1.70 bits per heavy atom. The van der Waals surface area contributed by atoms with Gasteiger partial charge in [-0.3, -0.25) is 4.79 Å². The molecule has 0 aromatic heterocycles. The Kier molecular flexibility index (Phi) is 5.33. The van der Waals surface area contributed by atoms with Crippen molar-refractivity contribution in [3.05, 3.63) is 23.8 Å². The SMILES string of the molecule is COc1cccc(OC)c1C(=O)NC(C(=O)O)C(C)O. The minimum atomic E-state index is -1.42. The van der Waals surface area contributed by atoms with Crippen LogP contribution in [-0.4, -0.2) is 48.5 Å². The number of methoxy groups -OCH3 is 2. The van der Waals surface area contributed by atoms with E-state index < -0.39 is 24.0 Å². The monoisotopic (exact) mass is 283 g/mol. The predicted octanol–water partition coefficient (Wildman–Crippen LogP) is 0.268. The zero-order valence-electron chi connectivity index (χ0n) is 11.4. The van der Waals surface area contributed by atoms with Gasteiger partial charge in [0.05, 0.1) is 20.3 Å². The van der Waals surface area contributed by atoms with Gasteiger partial charge in [-0.2, -0.15) is 0 Å². The summed E-state index contributed by atoms with van der Waals surface area (Å²) in [6, 6.07) is 3.32. The van der Waals surface area contributed by atoms with Crippen molar-refractivity contribution in [2.75, 3.05) is 14.2 Å². The van der Waals surface area contributed by atoms with E-state index in [2.05, 4.69) is 5.32 Å². The number of benzene rings is 1. The second-order valence-electron chi connectivity index (χ2n) is 4.07. The van der Waals surface area contributed by atoms with E-state index in [1.807, 2.05) is 0 Å². The molecule has 0 radical (unpaired) electrons. The number of rotatable bonds is 6. The van der Waals surface area contributed by atoms with Crippen LogP contribution < -0.4 is 14.8 Å². The minimum Gasteiger partial charge on any atom is -0.496 e. The average molecular weight is 283 g/mol. The quantitative estimate of drug-likeness (QED) is 0.692. The van der Waals surface area contributed by atoms with Crippen LogP contribution >= 0.6 is 0 Å². The van der Waals surface area contributed by atoms with Crippen molar-refractivity contribution < 1.29 is 29.3 Å². The van der Waals surface area contributed by atoms with Gasteiger partial charge < -0.3 is 25.0 Å². The highest BCUT2D eigenvalue weighted by Gasteiger charge is 2.28. The number of amides is 1. The van der Waals surface area contributed by atoms with Gasteiger partial charge in [-0.15, -0.1) is 0 Å². The number of carboxylic acid groups (broad SMARTS) is 1. The van der Waals surface area contributed by atoms with Crippen LogP contribution in [0, 0.1) is 0 Å². The molecule has 1 aromatic carbocycles. The molecule has 2 atom stereocenters. The third kappa shape index (κ3) is 3.39. The van der Waals surface area contributed by atoms with Crippen molar-refractivity contribution in [3.63, 3.8) is 0 Å². The fourth-order valence-electron chi connectivity index (χ4n) is 1.68. The Hall–Kier alpha value is -2.28. The molecule has 1 rings (SSSR count). The van der Waals surface area contributed by atoms with E-state index in [-0.39, 0.29) is 17.1 Å². The highest BCUT2D eigenvalue weighted by molar-refractivity contribution is 6.01. The van der Waals surface area contributed by atoms with E-state index in [1.54, 1.807) is 18.2 Å². The Morgan fingerprint density at radius 3 is 2.05 bits per heavy atom. The van der Waals surface area contributed by atoms with E-state index in [0.29, 0.717) is 0 Å². The lowest BCUT2D eigenvalue weighted by atomic mass is 10.1. The molecule has 3 N–H and O–H groups in total. The molecule has 0 aliphatic heterocycles. The molecule has 0 heterocycles. The fraction of sp³-hybridized carbons (Fsp3) is 0.385. The zero-order valence-corrected chi connectivity index (χ0v) is 11.4. The van der Waals surface area contributed by atoms with E-state index >= 15 is 0 Å². The molecule has 0 bridgehead atoms. The van der Waals surface area contributed by atoms with E-state index in [0.717, 1.165) is 0 Å². The lowest BCUT2D eigenvalue weighted by Crippen LogP contribution is -2.47. The Balaban J connectivity index is 3.11. The van der Waals surface area contributed by atoms with Crippen molar-refractivity contribution in [2.45, 2.75) is 19.1 Å². The van der Waals surface area contributed by atoms with Crippen LogP contribution in [0.1, 0.15) is 17.3 Å². The maximum Gasteiger partial charge on any atom is 0.328 e. The van der Waals surface area contributed by atoms with Gasteiger partial charge in [-0.25, -0.2) is 4.79 Å². The number of carbonyl (C=O) groups excluding carboxylic acids is 1. The number of aliphatic hydroxyl groups excluding tert-OH is 1. The molecule has 0 aliphatic carbocycles. The number of nitrogens with one attached hydrogen (secondary N) is 1. The van der Waals surface area contributed by atoms with Crippen molar-refractivity contribution in [1.82, 2.24) is 5.32 Å². The van der Waals surface area contributed by atoms with Crippen LogP contribution in [0.4, 0.5) is 0 Å². The molecule has 7 nitrogen and oxygen atoms in total. The maximum absolute atomic E-state index is 12.2. The van der Waals surface area contributed by atoms with Gasteiger partial charge in [-0.1, -0.05) is 6.07 Å². The number of hydrogen-bond acceptors (Lipinski definition) is 5. The van der Waals surface area contributed by atoms with Crippen molar-refractivity contribution in [3.8, 4) is 11.5 Å². The zero-order chi connectivity index (χ0) is 15.3. The van der Waals surface area contributed by atoms with Crippen molar-refractivity contribution >= 4 is 11.9 Å². The Bertz CT molecular complexity index is 477. The molecule has 0 aliphatic rings. The smallest absolute Gasteiger partial charge is 0.328 e. The summed E-state index contributed by atoms with van der Waals surface area (Å²) in [7, 11) is 2.77. The third-order valence-electron chi connectivity index (χ3n) is 2.69. The summed E-state index contributed by atoms with van der Waals surface area (Å²) < 4.78 is 10.1. The minimum absolute atomic E-state index is 0.0735. The van der Waals surface area contributed by atoms with Crippen LogP contribution in [0.25, 0.3) is 0 Å². The molecular formula is C13H17NO6. The van der Waals surface area contributed by atoms with E-state index in [4.69, 9.17) is 14.6 Å². The topological polar surface area (TPSA) is 105 Å². The Morgan fingerprint density at radius 1 is 1.20 bits per heavy atom. The standard InChI is InChI=1S/C13H17NO6/c1-7(15)11(13(17)18)14-12(16)10-8(19-2)5-4-6-9(10)20-3/h4-7,11,15H,1-3H3,(H,14,16)(H,17,18). The predicted molar refractivity (Wildman–Crippen MR) is 70.1 cm³/mol. The number of carboxylic acids is 1. The highest BCUT2D eigenvalue weighted by atomic mass is 16.5. The number of aliphatic hydroxyl groups is 1. The highest BCUT2D eigenvalue weighted by Crippen LogP contribution is 2.28. The first kappa shape index (κ1) is 15.8. The maximum atomic E-state index is 12.2. The molecule has 0 saturated carbocycles. The average Bonchev–Trinajstić information content (AvgIpc) is 2.42. The van der Waals surface area contributed by atoms with Gasteiger partial charge in [0, 0.05) is 0 Å². The van der Waals surface area contributed by atoms with Crippen LogP contribution in [0.3, 0.4) is 0 Å². The first-order valence-corrected chi connectivity index (χ1v) is 5.85. The molecular weight excluding hydrogens is 266 g/mol. The summed E-state index contributed by atoms with van der Waals surface area (Å²) in [5.74, 6) is -1.54. The van der Waals surface area contributed by atoms with Crippen molar-refractivity contribution in [1.29, 1.82) is 0 Å². The molecule has 1 amide bonds. The summed E-state index contributed by atoms with van der Waals surface area (Å²) in [5, 5.41) is 20.6. The lowest BCUT2D eigenvalue weighted by molar-refractivity contribution is -0.141. The van der Waals surface area contributed by atoms with Crippen LogP contribution in [0.5, 0.6) is 11.5 Å². The molecule has 20 heavy (non-hydrogen) atoms. The molecule has 110 valence electrons. The molecule has 2 unspecified atom stereocenters. The third-order valence-corrected chi connectivity index (χ3v) is 2.69. The summed E-state index contributed by atoms with van der Waals surface area (Å²) in [6.07, 6.45) is -1.24. The molecule has 7 heteroatoms. The number of ether oxygens (including phenoxy) is 2. The molecule has 0 fully saturated rings. The molecule has 0 spiro atoms. The van der Waals surface area contributed by atoms with Gasteiger partial charge in [0.2, 0.25) is 0 Å². The van der Waals surface area contributed by atoms with Crippen LogP contribution in [-0.2, 0) is 4.79 Å². The lowest BCUT2D eigenvalue weighted by Gasteiger charge is -2.19. The first-order valence-electron chi connectivity index (χ1n) is 5.85. The largest absolute Gasteiger partial charge is 0.496 e. The summed E-state index contributed by atoms with van der Waals surface area (Å²) in [6.45, 7) is 1.28. The van der Waals surface area contributed by atoms with Gasteiger partial charge in [0.15, 0.2) is 6.04 Å². The van der Waals surface area contributed by atoms with Gasteiger partial charge in [0.1, 0.15) is 17.1 Å². The number of carbonyl (C=O) groups is 2. The second kappa shape index (κ2) is 6.76. The number of aliphatic carboxylic acids is 1. The second-order valence-corrected chi connectivity index (χ2v) is 4.07. The normalized spacial score (nSPS) is 13.2.